The van der Waals surface area contributed by atoms with Gasteiger partial charge in [-0.15, -0.1) is 0 Å². The van der Waals surface area contributed by atoms with Crippen LogP contribution in [-0.4, -0.2) is 35.7 Å². The number of hydrogen-bond acceptors (Lipinski definition) is 2. The topological polar surface area (TPSA) is 23.5 Å². The second kappa shape index (κ2) is 7.88. The third-order valence-electron chi connectivity index (χ3n) is 4.06. The molecular weight excluding hydrogens is 258 g/mol. The summed E-state index contributed by atoms with van der Waals surface area (Å²) in [6.45, 7) is 2.62. The van der Waals surface area contributed by atoms with E-state index >= 15 is 0 Å². The molecule has 19 heavy (non-hydrogen) atoms. The summed E-state index contributed by atoms with van der Waals surface area (Å²) in [6.07, 6.45) is 6.96. The molecule has 1 aromatic carbocycles. The van der Waals surface area contributed by atoms with Crippen molar-refractivity contribution in [2.24, 2.45) is 0 Å². The van der Waals surface area contributed by atoms with E-state index in [-0.39, 0.29) is 0 Å². The highest BCUT2D eigenvalue weighted by atomic mass is 35.5. The average Bonchev–Trinajstić information content (AvgIpc) is 2.43. The number of piperidine rings is 1. The van der Waals surface area contributed by atoms with E-state index in [1.54, 1.807) is 0 Å². The SMILES string of the molecule is OCC[C@@H]1CCCCN1CCCc1ccccc1Cl. The summed E-state index contributed by atoms with van der Waals surface area (Å²) in [5.41, 5.74) is 1.25. The van der Waals surface area contributed by atoms with Gasteiger partial charge < -0.3 is 10.0 Å². The molecule has 0 radical (unpaired) electrons. The van der Waals surface area contributed by atoms with Crippen LogP contribution in [0.1, 0.15) is 37.7 Å². The van der Waals surface area contributed by atoms with Crippen LogP contribution in [0.15, 0.2) is 24.3 Å². The average molecular weight is 282 g/mol. The number of benzene rings is 1. The van der Waals surface area contributed by atoms with Crippen molar-refractivity contribution in [1.82, 2.24) is 4.90 Å². The maximum atomic E-state index is 9.13. The third-order valence-corrected chi connectivity index (χ3v) is 4.43. The molecule has 1 fully saturated rings. The van der Waals surface area contributed by atoms with E-state index in [9.17, 15) is 0 Å². The second-order valence-corrected chi connectivity index (χ2v) is 5.80. The van der Waals surface area contributed by atoms with Gasteiger partial charge >= 0.3 is 0 Å². The summed E-state index contributed by atoms with van der Waals surface area (Å²) in [6, 6.07) is 8.70. The largest absolute Gasteiger partial charge is 0.396 e. The van der Waals surface area contributed by atoms with Crippen molar-refractivity contribution >= 4 is 11.6 Å². The van der Waals surface area contributed by atoms with Crippen LogP contribution < -0.4 is 0 Å². The number of aliphatic hydroxyl groups excluding tert-OH is 1. The van der Waals surface area contributed by atoms with Crippen molar-refractivity contribution in [2.75, 3.05) is 19.7 Å². The summed E-state index contributed by atoms with van der Waals surface area (Å²) in [4.78, 5) is 2.55. The van der Waals surface area contributed by atoms with Crippen LogP contribution in [0.25, 0.3) is 0 Å². The first-order valence-electron chi connectivity index (χ1n) is 7.39. The fourth-order valence-corrected chi connectivity index (χ4v) is 3.23. The molecular formula is C16H24ClNO. The monoisotopic (exact) mass is 281 g/mol. The number of rotatable bonds is 6. The first kappa shape index (κ1) is 14.8. The van der Waals surface area contributed by atoms with E-state index < -0.39 is 0 Å². The molecule has 3 heteroatoms. The molecule has 0 bridgehead atoms. The predicted octanol–water partition coefficient (Wildman–Crippen LogP) is 3.51. The maximum Gasteiger partial charge on any atom is 0.0445 e. The van der Waals surface area contributed by atoms with Crippen molar-refractivity contribution in [3.8, 4) is 0 Å². The smallest absolute Gasteiger partial charge is 0.0445 e. The van der Waals surface area contributed by atoms with Crippen LogP contribution in [0.3, 0.4) is 0 Å². The van der Waals surface area contributed by atoms with Gasteiger partial charge in [-0.05, 0) is 56.8 Å². The van der Waals surface area contributed by atoms with E-state index in [0.29, 0.717) is 12.6 Å². The Morgan fingerprint density at radius 1 is 1.26 bits per heavy atom. The van der Waals surface area contributed by atoms with E-state index in [0.717, 1.165) is 30.8 Å². The van der Waals surface area contributed by atoms with Crippen LogP contribution in [0, 0.1) is 0 Å². The Balaban J connectivity index is 1.79. The summed E-state index contributed by atoms with van der Waals surface area (Å²) < 4.78 is 0. The molecule has 0 unspecified atom stereocenters. The Hall–Kier alpha value is -0.570. The normalized spacial score (nSPS) is 20.6. The fraction of sp³-hybridized carbons (Fsp3) is 0.625. The van der Waals surface area contributed by atoms with Gasteiger partial charge in [0, 0.05) is 17.7 Å². The quantitative estimate of drug-likeness (QED) is 0.863. The molecule has 0 aromatic heterocycles. The van der Waals surface area contributed by atoms with E-state index in [1.165, 1.54) is 31.4 Å². The molecule has 1 aliphatic heterocycles. The Labute approximate surface area is 121 Å². The number of likely N-dealkylation sites (tertiary alicyclic amines) is 1. The Kier molecular flexibility index (Phi) is 6.15. The van der Waals surface area contributed by atoms with Gasteiger partial charge in [-0.2, -0.15) is 0 Å². The Bertz CT molecular complexity index is 381. The fourth-order valence-electron chi connectivity index (χ4n) is 3.00. The van der Waals surface area contributed by atoms with Gasteiger partial charge in [0.25, 0.3) is 0 Å². The molecule has 1 heterocycles. The van der Waals surface area contributed by atoms with Gasteiger partial charge in [0.05, 0.1) is 0 Å². The molecule has 0 amide bonds. The highest BCUT2D eigenvalue weighted by Gasteiger charge is 2.21. The first-order chi connectivity index (χ1) is 9.31. The molecule has 2 nitrogen and oxygen atoms in total. The Morgan fingerprint density at radius 2 is 2.11 bits per heavy atom. The summed E-state index contributed by atoms with van der Waals surface area (Å²) in [5, 5.41) is 10.0. The van der Waals surface area contributed by atoms with Gasteiger partial charge in [0.1, 0.15) is 0 Å². The zero-order valence-electron chi connectivity index (χ0n) is 11.5. The van der Waals surface area contributed by atoms with Crippen LogP contribution in [-0.2, 0) is 6.42 Å². The van der Waals surface area contributed by atoms with Crippen LogP contribution >= 0.6 is 11.6 Å². The highest BCUT2D eigenvalue weighted by Crippen LogP contribution is 2.21. The molecule has 1 aliphatic rings. The number of aliphatic hydroxyl groups is 1. The molecule has 1 aromatic rings. The summed E-state index contributed by atoms with van der Waals surface area (Å²) in [7, 11) is 0. The zero-order chi connectivity index (χ0) is 13.5. The van der Waals surface area contributed by atoms with Crippen molar-refractivity contribution in [1.29, 1.82) is 0 Å². The van der Waals surface area contributed by atoms with Gasteiger partial charge in [-0.25, -0.2) is 0 Å². The molecule has 1 atom stereocenters. The molecule has 1 saturated heterocycles. The minimum Gasteiger partial charge on any atom is -0.396 e. The molecule has 1 N–H and O–H groups in total. The van der Waals surface area contributed by atoms with Crippen LogP contribution in [0.4, 0.5) is 0 Å². The lowest BCUT2D eigenvalue weighted by molar-refractivity contribution is 0.118. The summed E-state index contributed by atoms with van der Waals surface area (Å²) >= 11 is 6.18. The predicted molar refractivity (Wildman–Crippen MR) is 80.7 cm³/mol. The first-order valence-corrected chi connectivity index (χ1v) is 7.77. The second-order valence-electron chi connectivity index (χ2n) is 5.39. The highest BCUT2D eigenvalue weighted by molar-refractivity contribution is 6.31. The van der Waals surface area contributed by atoms with E-state index in [1.807, 2.05) is 12.1 Å². The summed E-state index contributed by atoms with van der Waals surface area (Å²) in [5.74, 6) is 0. The lowest BCUT2D eigenvalue weighted by atomic mass is 9.99. The maximum absolute atomic E-state index is 9.13. The van der Waals surface area contributed by atoms with Crippen molar-refractivity contribution in [3.05, 3.63) is 34.9 Å². The van der Waals surface area contributed by atoms with E-state index in [4.69, 9.17) is 16.7 Å². The minimum atomic E-state index is 0.311. The standard InChI is InChI=1S/C16H24ClNO/c17-16-9-2-1-6-14(16)7-5-12-18-11-4-3-8-15(18)10-13-19/h1-2,6,9,15,19H,3-5,7-8,10-13H2/t15-/m0/s1. The van der Waals surface area contributed by atoms with Crippen molar-refractivity contribution < 1.29 is 5.11 Å². The molecule has 0 saturated carbocycles. The van der Waals surface area contributed by atoms with Gasteiger partial charge in [-0.3, -0.25) is 0 Å². The number of hydrogen-bond donors (Lipinski definition) is 1. The molecule has 2 rings (SSSR count). The third kappa shape index (κ3) is 4.48. The van der Waals surface area contributed by atoms with E-state index in [2.05, 4.69) is 17.0 Å². The van der Waals surface area contributed by atoms with Gasteiger partial charge in [0.2, 0.25) is 0 Å². The number of nitrogens with zero attached hydrogens (tertiary/aromatic N) is 1. The molecule has 0 spiro atoms. The van der Waals surface area contributed by atoms with Crippen LogP contribution in [0.5, 0.6) is 0 Å². The molecule has 0 aliphatic carbocycles. The number of aryl methyl sites for hydroxylation is 1. The van der Waals surface area contributed by atoms with Gasteiger partial charge in [0.15, 0.2) is 0 Å². The van der Waals surface area contributed by atoms with Crippen LogP contribution in [0.2, 0.25) is 5.02 Å². The lowest BCUT2D eigenvalue weighted by Crippen LogP contribution is -2.40. The molecule has 106 valence electrons. The lowest BCUT2D eigenvalue weighted by Gasteiger charge is -2.35. The van der Waals surface area contributed by atoms with Crippen molar-refractivity contribution in [3.63, 3.8) is 0 Å². The van der Waals surface area contributed by atoms with Gasteiger partial charge in [-0.1, -0.05) is 36.2 Å². The van der Waals surface area contributed by atoms with Crippen molar-refractivity contribution in [2.45, 2.75) is 44.6 Å². The minimum absolute atomic E-state index is 0.311. The zero-order valence-corrected chi connectivity index (χ0v) is 12.3. The number of halogens is 1. The Morgan fingerprint density at radius 3 is 2.89 bits per heavy atom.